The Kier molecular flexibility index (Phi) is 4.13. The van der Waals surface area contributed by atoms with Crippen LogP contribution in [0.25, 0.3) is 0 Å². The van der Waals surface area contributed by atoms with Gasteiger partial charge in [-0.15, -0.1) is 0 Å². The molecule has 1 saturated heterocycles. The van der Waals surface area contributed by atoms with Gasteiger partial charge >= 0.3 is 0 Å². The van der Waals surface area contributed by atoms with Crippen LogP contribution in [0.4, 0.5) is 11.6 Å². The predicted octanol–water partition coefficient (Wildman–Crippen LogP) is 4.16. The van der Waals surface area contributed by atoms with Gasteiger partial charge in [0.25, 0.3) is 0 Å². The number of pyridine rings is 1. The first-order valence-electron chi connectivity index (χ1n) is 8.26. The van der Waals surface area contributed by atoms with Crippen molar-refractivity contribution in [2.45, 2.75) is 64.3 Å². The Morgan fingerprint density at radius 3 is 2.45 bits per heavy atom. The minimum Gasteiger partial charge on any atom is -0.367 e. The molecule has 110 valence electrons. The number of nitrogens with zero attached hydrogens (tertiary/aromatic N) is 2. The summed E-state index contributed by atoms with van der Waals surface area (Å²) in [5.41, 5.74) is 1.40. The van der Waals surface area contributed by atoms with Crippen LogP contribution in [0, 0.1) is 0 Å². The summed E-state index contributed by atoms with van der Waals surface area (Å²) in [7, 11) is 0. The molecule has 1 N–H and O–H groups in total. The van der Waals surface area contributed by atoms with E-state index >= 15 is 0 Å². The summed E-state index contributed by atoms with van der Waals surface area (Å²) < 4.78 is 0. The molecule has 0 amide bonds. The van der Waals surface area contributed by atoms with Crippen molar-refractivity contribution in [3.05, 3.63) is 17.7 Å². The number of hydrogen-bond donors (Lipinski definition) is 1. The Hall–Kier alpha value is -1.25. The van der Waals surface area contributed by atoms with Crippen LogP contribution < -0.4 is 10.2 Å². The summed E-state index contributed by atoms with van der Waals surface area (Å²) >= 11 is 0. The van der Waals surface area contributed by atoms with E-state index in [4.69, 9.17) is 4.98 Å². The summed E-state index contributed by atoms with van der Waals surface area (Å²) in [5.74, 6) is 2.82. The normalized spacial score (nSPS) is 20.1. The van der Waals surface area contributed by atoms with Gasteiger partial charge in [0, 0.05) is 19.1 Å². The van der Waals surface area contributed by atoms with Gasteiger partial charge in [0.2, 0.25) is 0 Å². The SMILES string of the molecule is CC(C)c1cc(NC2CCC2)nc(N2CCCCC2)c1. The van der Waals surface area contributed by atoms with Crippen LogP contribution in [-0.2, 0) is 0 Å². The van der Waals surface area contributed by atoms with Crippen LogP contribution in [0.2, 0.25) is 0 Å². The zero-order valence-electron chi connectivity index (χ0n) is 12.9. The summed E-state index contributed by atoms with van der Waals surface area (Å²) in [4.78, 5) is 7.34. The smallest absolute Gasteiger partial charge is 0.131 e. The highest BCUT2D eigenvalue weighted by molar-refractivity contribution is 5.52. The van der Waals surface area contributed by atoms with E-state index in [9.17, 15) is 0 Å². The van der Waals surface area contributed by atoms with E-state index in [-0.39, 0.29) is 0 Å². The summed E-state index contributed by atoms with van der Waals surface area (Å²) in [6, 6.07) is 5.19. The van der Waals surface area contributed by atoms with Crippen molar-refractivity contribution in [1.82, 2.24) is 4.98 Å². The third-order valence-electron chi connectivity index (χ3n) is 4.64. The Morgan fingerprint density at radius 1 is 1.10 bits per heavy atom. The van der Waals surface area contributed by atoms with Gasteiger partial charge in [0.15, 0.2) is 0 Å². The molecule has 3 rings (SSSR count). The Balaban J connectivity index is 1.82. The molecule has 2 heterocycles. The molecular weight excluding hydrogens is 246 g/mol. The van der Waals surface area contributed by atoms with Crippen LogP contribution in [-0.4, -0.2) is 24.1 Å². The topological polar surface area (TPSA) is 28.2 Å². The van der Waals surface area contributed by atoms with Gasteiger partial charge in [-0.2, -0.15) is 0 Å². The lowest BCUT2D eigenvalue weighted by molar-refractivity contribution is 0.444. The van der Waals surface area contributed by atoms with Gasteiger partial charge < -0.3 is 10.2 Å². The molecule has 1 aliphatic heterocycles. The summed E-state index contributed by atoms with van der Waals surface area (Å²) in [6.45, 7) is 6.86. The van der Waals surface area contributed by atoms with E-state index in [0.29, 0.717) is 12.0 Å². The lowest BCUT2D eigenvalue weighted by Crippen LogP contribution is -2.31. The van der Waals surface area contributed by atoms with E-state index in [1.165, 1.54) is 49.9 Å². The third-order valence-corrected chi connectivity index (χ3v) is 4.64. The van der Waals surface area contributed by atoms with Crippen LogP contribution in [0.1, 0.15) is 63.9 Å². The zero-order valence-corrected chi connectivity index (χ0v) is 12.9. The number of aromatic nitrogens is 1. The van der Waals surface area contributed by atoms with Gasteiger partial charge in [0.1, 0.15) is 11.6 Å². The van der Waals surface area contributed by atoms with Crippen molar-refractivity contribution in [2.75, 3.05) is 23.3 Å². The molecule has 2 fully saturated rings. The fourth-order valence-corrected chi connectivity index (χ4v) is 2.99. The zero-order chi connectivity index (χ0) is 13.9. The lowest BCUT2D eigenvalue weighted by Gasteiger charge is -2.31. The number of nitrogens with one attached hydrogen (secondary N) is 1. The highest BCUT2D eigenvalue weighted by Crippen LogP contribution is 2.28. The highest BCUT2D eigenvalue weighted by atomic mass is 15.2. The molecule has 1 aliphatic carbocycles. The Morgan fingerprint density at radius 2 is 1.85 bits per heavy atom. The van der Waals surface area contributed by atoms with Crippen molar-refractivity contribution in [1.29, 1.82) is 0 Å². The van der Waals surface area contributed by atoms with Crippen LogP contribution in [0.15, 0.2) is 12.1 Å². The molecule has 3 nitrogen and oxygen atoms in total. The fourth-order valence-electron chi connectivity index (χ4n) is 2.99. The lowest BCUT2D eigenvalue weighted by atomic mass is 9.93. The van der Waals surface area contributed by atoms with E-state index in [2.05, 4.69) is 36.2 Å². The molecule has 0 unspecified atom stereocenters. The quantitative estimate of drug-likeness (QED) is 0.893. The second kappa shape index (κ2) is 6.02. The first kappa shape index (κ1) is 13.7. The van der Waals surface area contributed by atoms with Gasteiger partial charge in [0.05, 0.1) is 0 Å². The van der Waals surface area contributed by atoms with Crippen molar-refractivity contribution >= 4 is 11.6 Å². The minimum atomic E-state index is 0.559. The Bertz CT molecular complexity index is 446. The molecule has 2 aliphatic rings. The monoisotopic (exact) mass is 273 g/mol. The molecular formula is C17H27N3. The van der Waals surface area contributed by atoms with Gasteiger partial charge in [-0.3, -0.25) is 0 Å². The minimum absolute atomic E-state index is 0.559. The summed E-state index contributed by atoms with van der Waals surface area (Å²) in [5, 5.41) is 3.62. The number of hydrogen-bond acceptors (Lipinski definition) is 3. The second-order valence-electron chi connectivity index (χ2n) is 6.62. The molecule has 1 aromatic rings. The van der Waals surface area contributed by atoms with E-state index in [0.717, 1.165) is 18.9 Å². The maximum Gasteiger partial charge on any atom is 0.131 e. The number of rotatable bonds is 4. The maximum absolute atomic E-state index is 4.88. The van der Waals surface area contributed by atoms with Crippen molar-refractivity contribution in [3.63, 3.8) is 0 Å². The van der Waals surface area contributed by atoms with Crippen LogP contribution >= 0.6 is 0 Å². The van der Waals surface area contributed by atoms with Gasteiger partial charge in [-0.25, -0.2) is 4.98 Å². The maximum atomic E-state index is 4.88. The largest absolute Gasteiger partial charge is 0.367 e. The van der Waals surface area contributed by atoms with Crippen LogP contribution in [0.3, 0.4) is 0 Å². The molecule has 1 saturated carbocycles. The average molecular weight is 273 g/mol. The van der Waals surface area contributed by atoms with E-state index in [1.807, 2.05) is 0 Å². The molecule has 3 heteroatoms. The van der Waals surface area contributed by atoms with Gasteiger partial charge in [-0.1, -0.05) is 13.8 Å². The molecule has 0 atom stereocenters. The molecule has 0 aromatic carbocycles. The van der Waals surface area contributed by atoms with Crippen molar-refractivity contribution in [2.24, 2.45) is 0 Å². The Labute approximate surface area is 122 Å². The average Bonchev–Trinajstić information content (AvgIpc) is 2.43. The highest BCUT2D eigenvalue weighted by Gasteiger charge is 2.19. The van der Waals surface area contributed by atoms with Crippen molar-refractivity contribution < 1.29 is 0 Å². The third kappa shape index (κ3) is 3.08. The standard InChI is InChI=1S/C17H27N3/c1-13(2)14-11-16(18-15-7-6-8-15)19-17(12-14)20-9-4-3-5-10-20/h11-13,15H,3-10H2,1-2H3,(H,18,19). The van der Waals surface area contributed by atoms with Crippen molar-refractivity contribution in [3.8, 4) is 0 Å². The van der Waals surface area contributed by atoms with Gasteiger partial charge in [-0.05, 0) is 62.1 Å². The van der Waals surface area contributed by atoms with Crippen LogP contribution in [0.5, 0.6) is 0 Å². The predicted molar refractivity (Wildman–Crippen MR) is 85.7 cm³/mol. The first-order chi connectivity index (χ1) is 9.72. The molecule has 1 aromatic heterocycles. The summed E-state index contributed by atoms with van der Waals surface area (Å²) in [6.07, 6.45) is 7.94. The fraction of sp³-hybridized carbons (Fsp3) is 0.706. The molecule has 20 heavy (non-hydrogen) atoms. The first-order valence-corrected chi connectivity index (χ1v) is 8.26. The number of piperidine rings is 1. The second-order valence-corrected chi connectivity index (χ2v) is 6.62. The molecule has 0 bridgehead atoms. The van der Waals surface area contributed by atoms with E-state index in [1.54, 1.807) is 0 Å². The number of anilines is 2. The van der Waals surface area contributed by atoms with E-state index < -0.39 is 0 Å². The molecule has 0 radical (unpaired) electrons. The molecule has 0 spiro atoms.